The first kappa shape index (κ1) is 29.4. The van der Waals surface area contributed by atoms with E-state index in [1.54, 1.807) is 6.92 Å². The first-order chi connectivity index (χ1) is 19.8. The van der Waals surface area contributed by atoms with Crippen molar-refractivity contribution in [3.63, 3.8) is 0 Å². The normalized spacial score (nSPS) is 28.9. The van der Waals surface area contributed by atoms with Crippen LogP contribution in [-0.4, -0.2) is 81.0 Å². The maximum atomic E-state index is 13.8. The van der Waals surface area contributed by atoms with Gasteiger partial charge in [-0.25, -0.2) is 10.2 Å². The van der Waals surface area contributed by atoms with E-state index in [-0.39, 0.29) is 53.0 Å². The number of hydrogen-bond donors (Lipinski definition) is 7. The fourth-order valence-electron chi connectivity index (χ4n) is 5.91. The molecule has 2 aromatic carbocycles. The van der Waals surface area contributed by atoms with Crippen molar-refractivity contribution in [1.29, 1.82) is 0 Å². The summed E-state index contributed by atoms with van der Waals surface area (Å²) in [5, 5.41) is 48.9. The molecule has 1 aliphatic heterocycles. The average molecular weight is 585 g/mol. The van der Waals surface area contributed by atoms with Gasteiger partial charge in [0.05, 0.1) is 47.8 Å². The number of ketones is 2. The van der Waals surface area contributed by atoms with Crippen molar-refractivity contribution in [1.82, 2.24) is 5.43 Å². The number of primary amides is 1. The van der Waals surface area contributed by atoms with Gasteiger partial charge < -0.3 is 46.1 Å². The topological polar surface area (TPSA) is 236 Å². The number of aliphatic hydroxyl groups excluding tert-OH is 1. The second-order valence-corrected chi connectivity index (χ2v) is 10.8. The lowest BCUT2D eigenvalue weighted by Gasteiger charge is -2.42. The van der Waals surface area contributed by atoms with Crippen LogP contribution in [0.5, 0.6) is 17.2 Å². The average Bonchev–Trinajstić information content (AvgIpc) is 2.94. The number of fused-ring (bicyclic) bond motifs is 3. The van der Waals surface area contributed by atoms with Crippen molar-refractivity contribution in [2.75, 3.05) is 7.11 Å². The second-order valence-electron chi connectivity index (χ2n) is 10.8. The summed E-state index contributed by atoms with van der Waals surface area (Å²) in [6.45, 7) is 3.02. The van der Waals surface area contributed by atoms with Crippen molar-refractivity contribution < 1.29 is 49.0 Å². The summed E-state index contributed by atoms with van der Waals surface area (Å²) in [7, 11) is 1.33. The fourth-order valence-corrected chi connectivity index (χ4v) is 5.91. The molecule has 6 atom stereocenters. The Hall–Kier alpha value is -4.08. The number of urea groups is 1. The van der Waals surface area contributed by atoms with E-state index in [1.807, 2.05) is 5.43 Å². The third-order valence-electron chi connectivity index (χ3n) is 8.15. The van der Waals surface area contributed by atoms with Gasteiger partial charge in [-0.3, -0.25) is 9.59 Å². The first-order valence-electron chi connectivity index (χ1n) is 13.2. The van der Waals surface area contributed by atoms with Crippen molar-refractivity contribution in [3.05, 3.63) is 51.6 Å². The highest BCUT2D eigenvalue weighted by atomic mass is 16.7. The molecule has 0 aromatic heterocycles. The van der Waals surface area contributed by atoms with E-state index in [2.05, 4.69) is 5.10 Å². The number of rotatable bonds is 5. The van der Waals surface area contributed by atoms with Gasteiger partial charge in [-0.15, -0.1) is 0 Å². The van der Waals surface area contributed by atoms with E-state index in [9.17, 15) is 34.8 Å². The standard InChI is InChI=1S/C28H32N4O10/c1-10-22(33)14(29)7-17(41-10)42-16-9-28(39,11(2)31-32-27(30)38)8-13-19(16)26(37)21-20(24(13)35)23(34)12-5-4-6-15(40-3)18(12)25(21)36/h4-6,10,14,16-17,22,33,35,37,39H,7-9,29H2,1-3H3,(H3,30,32,38)/b31-11+/t10-,14-,16-,17+,22+,28+/m1/s1. The molecule has 0 unspecified atom stereocenters. The molecule has 0 radical (unpaired) electrons. The molecule has 14 heteroatoms. The van der Waals surface area contributed by atoms with E-state index in [1.165, 1.54) is 32.2 Å². The van der Waals surface area contributed by atoms with Gasteiger partial charge in [0.2, 0.25) is 5.78 Å². The molecule has 1 fully saturated rings. The Morgan fingerprint density at radius 1 is 1.17 bits per heavy atom. The number of phenols is 2. The predicted octanol–water partition coefficient (Wildman–Crippen LogP) is 0.484. The fraction of sp³-hybridized carbons (Fsp3) is 0.429. The summed E-state index contributed by atoms with van der Waals surface area (Å²) in [4.78, 5) is 38.7. The number of phenolic OH excluding ortho intramolecular Hbond substituents is 2. The van der Waals surface area contributed by atoms with Crippen LogP contribution in [0.2, 0.25) is 0 Å². The number of benzene rings is 2. The van der Waals surface area contributed by atoms with Crippen LogP contribution in [0.25, 0.3) is 0 Å². The Kier molecular flexibility index (Phi) is 7.45. The third-order valence-corrected chi connectivity index (χ3v) is 8.15. The van der Waals surface area contributed by atoms with Gasteiger partial charge in [-0.2, -0.15) is 5.10 Å². The van der Waals surface area contributed by atoms with Crippen LogP contribution < -0.4 is 21.6 Å². The number of nitrogens with zero attached hydrogens (tertiary/aromatic N) is 1. The van der Waals surface area contributed by atoms with Gasteiger partial charge >= 0.3 is 6.03 Å². The second kappa shape index (κ2) is 10.6. The summed E-state index contributed by atoms with van der Waals surface area (Å²) >= 11 is 0. The van der Waals surface area contributed by atoms with Crippen molar-refractivity contribution in [2.45, 2.75) is 69.4 Å². The zero-order chi connectivity index (χ0) is 30.7. The number of carbonyl (C=O) groups excluding carboxylic acids is 3. The number of amides is 2. The molecule has 2 aliphatic carbocycles. The maximum absolute atomic E-state index is 13.8. The summed E-state index contributed by atoms with van der Waals surface area (Å²) in [6.07, 6.45) is -4.54. The first-order valence-corrected chi connectivity index (χ1v) is 13.2. The quantitative estimate of drug-likeness (QED) is 0.124. The molecule has 0 saturated carbocycles. The Labute approximate surface area is 239 Å². The molecule has 42 heavy (non-hydrogen) atoms. The Bertz CT molecular complexity index is 1510. The van der Waals surface area contributed by atoms with E-state index >= 15 is 0 Å². The van der Waals surface area contributed by atoms with Crippen molar-refractivity contribution in [3.8, 4) is 17.2 Å². The molecule has 3 aliphatic rings. The Morgan fingerprint density at radius 3 is 2.50 bits per heavy atom. The van der Waals surface area contributed by atoms with Gasteiger partial charge in [-0.05, 0) is 19.9 Å². The highest BCUT2D eigenvalue weighted by Crippen LogP contribution is 2.52. The molecular formula is C28H32N4O10. The minimum atomic E-state index is -1.89. The van der Waals surface area contributed by atoms with Crippen LogP contribution >= 0.6 is 0 Å². The highest BCUT2D eigenvalue weighted by Gasteiger charge is 2.49. The number of hydrogen-bond acceptors (Lipinski definition) is 12. The van der Waals surface area contributed by atoms with E-state index in [4.69, 9.17) is 25.7 Å². The SMILES string of the molecule is COc1cccc2c1C(=O)c1c(O)c3c(c(O)c1C2=O)C[C@@](O)(/C(C)=N/NC(N)=O)C[C@H]3O[C@H]1C[C@@H](N)[C@@H](O)[C@@H](C)O1. The number of aliphatic hydroxyl groups is 2. The van der Waals surface area contributed by atoms with Crippen LogP contribution in [0.3, 0.4) is 0 Å². The Morgan fingerprint density at radius 2 is 1.86 bits per heavy atom. The van der Waals surface area contributed by atoms with Crippen molar-refractivity contribution in [2.24, 2.45) is 16.6 Å². The van der Waals surface area contributed by atoms with Crippen LogP contribution in [-0.2, 0) is 15.9 Å². The number of hydrazone groups is 1. The molecule has 224 valence electrons. The lowest BCUT2D eigenvalue weighted by atomic mass is 9.72. The van der Waals surface area contributed by atoms with Gasteiger partial charge in [0.25, 0.3) is 0 Å². The summed E-state index contributed by atoms with van der Waals surface area (Å²) in [5.74, 6) is -2.61. The number of aromatic hydroxyl groups is 2. The molecule has 1 heterocycles. The Balaban J connectivity index is 1.68. The monoisotopic (exact) mass is 584 g/mol. The highest BCUT2D eigenvalue weighted by molar-refractivity contribution is 6.31. The molecule has 2 amide bonds. The molecule has 14 nitrogen and oxygen atoms in total. The number of ether oxygens (including phenoxy) is 3. The van der Waals surface area contributed by atoms with Gasteiger partial charge in [0.15, 0.2) is 12.1 Å². The molecule has 5 rings (SSSR count). The number of methoxy groups -OCH3 is 1. The largest absolute Gasteiger partial charge is 0.507 e. The molecular weight excluding hydrogens is 552 g/mol. The number of carbonyl (C=O) groups is 3. The smallest absolute Gasteiger partial charge is 0.332 e. The lowest BCUT2D eigenvalue weighted by molar-refractivity contribution is -0.245. The molecule has 0 bridgehead atoms. The van der Waals surface area contributed by atoms with Crippen LogP contribution in [0, 0.1) is 0 Å². The lowest BCUT2D eigenvalue weighted by Crippen LogP contribution is -2.52. The minimum Gasteiger partial charge on any atom is -0.507 e. The van der Waals surface area contributed by atoms with Crippen LogP contribution in [0.15, 0.2) is 23.3 Å². The van der Waals surface area contributed by atoms with Gasteiger partial charge in [0, 0.05) is 42.0 Å². The number of nitrogens with two attached hydrogens (primary N) is 2. The van der Waals surface area contributed by atoms with Crippen molar-refractivity contribution >= 4 is 23.3 Å². The van der Waals surface area contributed by atoms with E-state index in [0.29, 0.717) is 0 Å². The van der Waals surface area contributed by atoms with Gasteiger partial charge in [0.1, 0.15) is 22.8 Å². The van der Waals surface area contributed by atoms with Gasteiger partial charge in [-0.1, -0.05) is 12.1 Å². The van der Waals surface area contributed by atoms with Crippen LogP contribution in [0.4, 0.5) is 4.79 Å². The zero-order valence-corrected chi connectivity index (χ0v) is 23.1. The summed E-state index contributed by atoms with van der Waals surface area (Å²) in [6, 6.07) is 2.73. The van der Waals surface area contributed by atoms with E-state index < -0.39 is 76.5 Å². The molecule has 1 saturated heterocycles. The number of nitrogens with one attached hydrogen (secondary N) is 1. The molecule has 2 aromatic rings. The third kappa shape index (κ3) is 4.66. The summed E-state index contributed by atoms with van der Waals surface area (Å²) in [5.41, 5.74) is 10.3. The minimum absolute atomic E-state index is 0.0142. The molecule has 9 N–H and O–H groups in total. The maximum Gasteiger partial charge on any atom is 0.332 e. The van der Waals surface area contributed by atoms with Crippen LogP contribution in [0.1, 0.15) is 75.8 Å². The van der Waals surface area contributed by atoms with E-state index in [0.717, 1.165) is 0 Å². The predicted molar refractivity (Wildman–Crippen MR) is 145 cm³/mol. The summed E-state index contributed by atoms with van der Waals surface area (Å²) < 4.78 is 17.3. The molecule has 0 spiro atoms. The zero-order valence-electron chi connectivity index (χ0n) is 23.1.